The zero-order valence-electron chi connectivity index (χ0n) is 21.2. The molecule has 0 radical (unpaired) electrons. The molecule has 2 saturated heterocycles. The Balaban J connectivity index is 1.44. The minimum absolute atomic E-state index is 0.0170. The molecule has 2 nitrogen and oxygen atoms in total. The summed E-state index contributed by atoms with van der Waals surface area (Å²) in [5.41, 5.74) is -0.117. The Kier molecular flexibility index (Phi) is 9.24. The molecule has 2 heterocycles. The molecular formula is C30H36F4O2. The maximum Gasteiger partial charge on any atom is 0.167 e. The average Bonchev–Trinajstić information content (AvgIpc) is 2.89. The highest BCUT2D eigenvalue weighted by molar-refractivity contribution is 5.66. The molecule has 4 rings (SSSR count). The van der Waals surface area contributed by atoms with Crippen LogP contribution in [0.4, 0.5) is 17.6 Å². The first-order valence-electron chi connectivity index (χ1n) is 13.2. The topological polar surface area (TPSA) is 18.5 Å². The van der Waals surface area contributed by atoms with Crippen LogP contribution in [0.3, 0.4) is 0 Å². The van der Waals surface area contributed by atoms with Crippen LogP contribution in [0.25, 0.3) is 11.1 Å². The van der Waals surface area contributed by atoms with Gasteiger partial charge in [-0.1, -0.05) is 49.8 Å². The largest absolute Gasteiger partial charge is 0.378 e. The van der Waals surface area contributed by atoms with Gasteiger partial charge in [-0.2, -0.15) is 0 Å². The van der Waals surface area contributed by atoms with Crippen LogP contribution < -0.4 is 0 Å². The molecule has 0 aliphatic carbocycles. The van der Waals surface area contributed by atoms with Crippen molar-refractivity contribution in [2.75, 3.05) is 13.2 Å². The first-order valence-corrected chi connectivity index (χ1v) is 13.2. The summed E-state index contributed by atoms with van der Waals surface area (Å²) < 4.78 is 71.6. The Morgan fingerprint density at radius 3 is 2.19 bits per heavy atom. The molecule has 0 N–H and O–H groups in total. The highest BCUT2D eigenvalue weighted by atomic mass is 19.2. The molecule has 36 heavy (non-hydrogen) atoms. The number of halogens is 4. The van der Waals surface area contributed by atoms with Crippen molar-refractivity contribution < 1.29 is 27.0 Å². The van der Waals surface area contributed by atoms with E-state index in [4.69, 9.17) is 9.47 Å². The van der Waals surface area contributed by atoms with Gasteiger partial charge in [0.1, 0.15) is 0 Å². The summed E-state index contributed by atoms with van der Waals surface area (Å²) in [5, 5.41) is 0. The predicted molar refractivity (Wildman–Crippen MR) is 134 cm³/mol. The minimum atomic E-state index is -1.16. The number of hydrogen-bond acceptors (Lipinski definition) is 2. The summed E-state index contributed by atoms with van der Waals surface area (Å²) in [5.74, 6) is -4.04. The van der Waals surface area contributed by atoms with Gasteiger partial charge in [0.2, 0.25) is 0 Å². The van der Waals surface area contributed by atoms with Crippen molar-refractivity contribution in [3.8, 4) is 11.1 Å². The normalized spacial score (nSPS) is 24.9. The Hall–Kier alpha value is -2.18. The van der Waals surface area contributed by atoms with Crippen LogP contribution in [0.2, 0.25) is 0 Å². The van der Waals surface area contributed by atoms with Gasteiger partial charge in [-0.15, -0.1) is 0 Å². The van der Waals surface area contributed by atoms with E-state index in [0.29, 0.717) is 31.6 Å². The van der Waals surface area contributed by atoms with Gasteiger partial charge in [0.25, 0.3) is 0 Å². The van der Waals surface area contributed by atoms with Gasteiger partial charge in [0.15, 0.2) is 23.3 Å². The lowest BCUT2D eigenvalue weighted by Gasteiger charge is -2.29. The Labute approximate surface area is 211 Å². The lowest BCUT2D eigenvalue weighted by Crippen LogP contribution is -2.26. The molecule has 0 amide bonds. The van der Waals surface area contributed by atoms with Gasteiger partial charge in [-0.25, -0.2) is 17.6 Å². The van der Waals surface area contributed by atoms with Crippen LogP contribution in [0.15, 0.2) is 36.4 Å². The lowest BCUT2D eigenvalue weighted by atomic mass is 9.89. The molecule has 2 aliphatic heterocycles. The highest BCUT2D eigenvalue weighted by Crippen LogP contribution is 2.36. The van der Waals surface area contributed by atoms with E-state index in [9.17, 15) is 4.39 Å². The van der Waals surface area contributed by atoms with Crippen molar-refractivity contribution in [1.82, 2.24) is 0 Å². The van der Waals surface area contributed by atoms with Crippen molar-refractivity contribution >= 4 is 0 Å². The zero-order valence-corrected chi connectivity index (χ0v) is 21.2. The Morgan fingerprint density at radius 1 is 0.806 bits per heavy atom. The molecule has 196 valence electrons. The molecule has 2 fully saturated rings. The van der Waals surface area contributed by atoms with Crippen LogP contribution in [-0.4, -0.2) is 25.4 Å². The number of ether oxygens (including phenoxy) is 2. The van der Waals surface area contributed by atoms with Crippen LogP contribution in [0, 0.1) is 29.2 Å². The summed E-state index contributed by atoms with van der Waals surface area (Å²) in [4.78, 5) is 0. The third kappa shape index (κ3) is 6.03. The standard InChI is InChI=1S/C30H36F4O2/c1-3-5-19-7-11-23(35-17-19)12-8-20-10-14-25(29(33)27(20)31)26-16-15-24(28(32)30(26)34)21-9-13-22(6-4-2)36-18-21/h4,6,10,14-16,19,21-23H,3,5,7-9,11-13,17-18H2,1-2H3/b6-4+. The molecule has 2 aliphatic rings. The second-order valence-corrected chi connectivity index (χ2v) is 10.1. The fourth-order valence-electron chi connectivity index (χ4n) is 5.50. The number of allylic oxidation sites excluding steroid dienone is 1. The monoisotopic (exact) mass is 504 g/mol. The quantitative estimate of drug-likeness (QED) is 0.266. The smallest absolute Gasteiger partial charge is 0.167 e. The van der Waals surface area contributed by atoms with Gasteiger partial charge < -0.3 is 9.47 Å². The fraction of sp³-hybridized carbons (Fsp3) is 0.533. The number of aryl methyl sites for hydroxylation is 1. The zero-order chi connectivity index (χ0) is 25.7. The minimum Gasteiger partial charge on any atom is -0.378 e. The third-order valence-electron chi connectivity index (χ3n) is 7.62. The van der Waals surface area contributed by atoms with E-state index in [1.165, 1.54) is 24.3 Å². The average molecular weight is 505 g/mol. The van der Waals surface area contributed by atoms with Gasteiger partial charge in [-0.3, -0.25) is 0 Å². The van der Waals surface area contributed by atoms with Crippen molar-refractivity contribution in [3.63, 3.8) is 0 Å². The van der Waals surface area contributed by atoms with Crippen molar-refractivity contribution in [1.29, 1.82) is 0 Å². The first kappa shape index (κ1) is 26.9. The first-order chi connectivity index (χ1) is 17.4. The van der Waals surface area contributed by atoms with Gasteiger partial charge >= 0.3 is 0 Å². The molecule has 0 saturated carbocycles. The molecule has 0 spiro atoms. The van der Waals surface area contributed by atoms with Crippen LogP contribution in [0.5, 0.6) is 0 Å². The van der Waals surface area contributed by atoms with Gasteiger partial charge in [0, 0.05) is 23.7 Å². The summed E-state index contributed by atoms with van der Waals surface area (Å²) in [6.07, 6.45) is 10.5. The van der Waals surface area contributed by atoms with Crippen molar-refractivity contribution in [2.24, 2.45) is 5.92 Å². The van der Waals surface area contributed by atoms with E-state index in [0.717, 1.165) is 32.3 Å². The number of hydrogen-bond donors (Lipinski definition) is 0. The van der Waals surface area contributed by atoms with E-state index >= 15 is 13.2 Å². The molecule has 2 aromatic rings. The highest BCUT2D eigenvalue weighted by Gasteiger charge is 2.28. The maximum absolute atomic E-state index is 15.1. The van der Waals surface area contributed by atoms with E-state index in [1.807, 2.05) is 19.1 Å². The summed E-state index contributed by atoms with van der Waals surface area (Å²) in [6.45, 7) is 5.07. The van der Waals surface area contributed by atoms with Crippen molar-refractivity contribution in [3.05, 3.63) is 70.8 Å². The van der Waals surface area contributed by atoms with E-state index in [2.05, 4.69) is 6.92 Å². The number of rotatable bonds is 8. The molecule has 0 bridgehead atoms. The van der Waals surface area contributed by atoms with E-state index in [1.54, 1.807) is 0 Å². The number of benzene rings is 2. The third-order valence-corrected chi connectivity index (χ3v) is 7.62. The molecule has 2 aromatic carbocycles. The second kappa shape index (κ2) is 12.4. The lowest BCUT2D eigenvalue weighted by molar-refractivity contribution is -0.0216. The summed E-state index contributed by atoms with van der Waals surface area (Å²) in [6, 6.07) is 5.62. The van der Waals surface area contributed by atoms with Crippen LogP contribution >= 0.6 is 0 Å². The van der Waals surface area contributed by atoms with Crippen LogP contribution in [-0.2, 0) is 15.9 Å². The molecular weight excluding hydrogens is 468 g/mol. The predicted octanol–water partition coefficient (Wildman–Crippen LogP) is 8.28. The fourth-order valence-corrected chi connectivity index (χ4v) is 5.50. The summed E-state index contributed by atoms with van der Waals surface area (Å²) >= 11 is 0. The van der Waals surface area contributed by atoms with E-state index < -0.39 is 23.3 Å². The summed E-state index contributed by atoms with van der Waals surface area (Å²) in [7, 11) is 0. The van der Waals surface area contributed by atoms with Crippen LogP contribution in [0.1, 0.15) is 75.8 Å². The van der Waals surface area contributed by atoms with Gasteiger partial charge in [-0.05, 0) is 68.9 Å². The molecule has 0 aromatic heterocycles. The Bertz CT molecular complexity index is 1050. The molecule has 4 atom stereocenters. The van der Waals surface area contributed by atoms with Crippen molar-refractivity contribution in [2.45, 2.75) is 83.3 Å². The SMILES string of the molecule is C/C=C/C1CCC(c2ccc(-c3ccc(CCC4CCC(CCC)CO4)c(F)c3F)c(F)c2F)CO1. The van der Waals surface area contributed by atoms with E-state index in [-0.39, 0.29) is 47.0 Å². The maximum atomic E-state index is 15.1. The molecule has 6 heteroatoms. The second-order valence-electron chi connectivity index (χ2n) is 10.1. The molecule has 4 unspecified atom stereocenters. The van der Waals surface area contributed by atoms with Gasteiger partial charge in [0.05, 0.1) is 18.8 Å². The Morgan fingerprint density at radius 2 is 1.56 bits per heavy atom.